The number of fused-ring (bicyclic) bond motifs is 3. The van der Waals surface area contributed by atoms with Gasteiger partial charge in [0.1, 0.15) is 0 Å². The lowest BCUT2D eigenvalue weighted by atomic mass is 9.75. The summed E-state index contributed by atoms with van der Waals surface area (Å²) < 4.78 is 26.7. The molecule has 0 radical (unpaired) electrons. The molecule has 2 amide bonds. The van der Waals surface area contributed by atoms with E-state index in [9.17, 15) is 13.6 Å². The van der Waals surface area contributed by atoms with Crippen molar-refractivity contribution in [1.29, 1.82) is 0 Å². The molecule has 1 saturated carbocycles. The number of amides is 2. The third-order valence-corrected chi connectivity index (χ3v) is 7.57. The van der Waals surface area contributed by atoms with Gasteiger partial charge in [-0.05, 0) is 49.7 Å². The Bertz CT molecular complexity index is 979. The highest BCUT2D eigenvalue weighted by Crippen LogP contribution is 2.45. The number of hydrogen-bond donors (Lipinski definition) is 1. The molecule has 0 bridgehead atoms. The Morgan fingerprint density at radius 1 is 1.16 bits per heavy atom. The number of rotatable bonds is 3. The van der Waals surface area contributed by atoms with Crippen molar-refractivity contribution in [1.82, 2.24) is 10.2 Å². The van der Waals surface area contributed by atoms with E-state index in [1.165, 1.54) is 22.4 Å². The van der Waals surface area contributed by atoms with Crippen LogP contribution in [0.3, 0.4) is 0 Å². The van der Waals surface area contributed by atoms with Crippen molar-refractivity contribution in [2.75, 3.05) is 13.1 Å². The molecule has 1 unspecified atom stereocenters. The van der Waals surface area contributed by atoms with Crippen LogP contribution in [-0.2, 0) is 0 Å². The van der Waals surface area contributed by atoms with Gasteiger partial charge in [0.15, 0.2) is 0 Å². The molecule has 0 spiro atoms. The van der Waals surface area contributed by atoms with E-state index < -0.39 is 5.92 Å². The second kappa shape index (κ2) is 8.45. The fraction of sp³-hybridized carbons (Fsp3) is 0.538. The van der Waals surface area contributed by atoms with Crippen LogP contribution in [-0.4, -0.2) is 41.7 Å². The largest absolute Gasteiger partial charge is 0.335 e. The molecule has 1 aromatic carbocycles. The first kappa shape index (κ1) is 21.4. The molecule has 2 aliphatic heterocycles. The zero-order valence-corrected chi connectivity index (χ0v) is 18.6. The number of nitrogens with one attached hydrogen (secondary N) is 1. The lowest BCUT2D eigenvalue weighted by molar-refractivity contribution is -0.0398. The van der Waals surface area contributed by atoms with E-state index in [0.29, 0.717) is 31.8 Å². The molecule has 2 aliphatic carbocycles. The summed E-state index contributed by atoms with van der Waals surface area (Å²) in [4.78, 5) is 19.6. The number of urea groups is 1. The second-order valence-corrected chi connectivity index (χ2v) is 9.56. The van der Waals surface area contributed by atoms with E-state index in [4.69, 9.17) is 4.99 Å². The molecular formula is C26H31F2N3O. The van der Waals surface area contributed by atoms with Gasteiger partial charge in [-0.1, -0.05) is 37.3 Å². The number of para-hydroxylation sites is 1. The fourth-order valence-corrected chi connectivity index (χ4v) is 5.67. The standard InChI is InChI=1S/C26H31F2N3O/c1-2-17-7-8-20(24-23(17)21-5-3-4-6-22(21)30-24)18-11-15-31(16-12-18)25(32)29-19-9-13-26(27,28)14-10-19/h3-8,18-20H,2,9-16H2,1H3,(H,29,32). The number of aliphatic imine (C=N–C) groups is 1. The Morgan fingerprint density at radius 3 is 2.59 bits per heavy atom. The van der Waals surface area contributed by atoms with Gasteiger partial charge in [-0.25, -0.2) is 13.6 Å². The Labute approximate surface area is 188 Å². The molecule has 5 rings (SSSR count). The van der Waals surface area contributed by atoms with Crippen LogP contribution in [0.15, 0.2) is 47.0 Å². The van der Waals surface area contributed by atoms with Crippen LogP contribution in [0.5, 0.6) is 0 Å². The minimum absolute atomic E-state index is 0.0997. The molecule has 4 aliphatic rings. The van der Waals surface area contributed by atoms with E-state index in [-0.39, 0.29) is 30.8 Å². The number of likely N-dealkylation sites (tertiary alicyclic amines) is 1. The van der Waals surface area contributed by atoms with Gasteiger partial charge in [-0.3, -0.25) is 4.99 Å². The third kappa shape index (κ3) is 4.00. The van der Waals surface area contributed by atoms with Crippen molar-refractivity contribution >= 4 is 23.0 Å². The minimum atomic E-state index is -2.57. The maximum atomic E-state index is 13.4. The molecule has 2 fully saturated rings. The highest BCUT2D eigenvalue weighted by molar-refractivity contribution is 6.32. The third-order valence-electron chi connectivity index (χ3n) is 7.57. The van der Waals surface area contributed by atoms with Gasteiger partial charge in [0.05, 0.1) is 11.4 Å². The predicted molar refractivity (Wildman–Crippen MR) is 123 cm³/mol. The van der Waals surface area contributed by atoms with Gasteiger partial charge in [0, 0.05) is 49.0 Å². The lowest BCUT2D eigenvalue weighted by Gasteiger charge is -2.37. The van der Waals surface area contributed by atoms with Gasteiger partial charge in [-0.15, -0.1) is 0 Å². The number of nitrogens with zero attached hydrogens (tertiary/aromatic N) is 2. The molecule has 2 heterocycles. The van der Waals surface area contributed by atoms with Gasteiger partial charge in [0.25, 0.3) is 0 Å². The average Bonchev–Trinajstić information content (AvgIpc) is 3.20. The van der Waals surface area contributed by atoms with Crippen molar-refractivity contribution in [2.45, 2.75) is 63.8 Å². The van der Waals surface area contributed by atoms with E-state index in [1.54, 1.807) is 0 Å². The van der Waals surface area contributed by atoms with Crippen LogP contribution >= 0.6 is 0 Å². The minimum Gasteiger partial charge on any atom is -0.335 e. The van der Waals surface area contributed by atoms with Crippen molar-refractivity contribution in [3.63, 3.8) is 0 Å². The van der Waals surface area contributed by atoms with Gasteiger partial charge >= 0.3 is 6.03 Å². The molecule has 1 aromatic rings. The molecule has 1 atom stereocenters. The van der Waals surface area contributed by atoms with Crippen molar-refractivity contribution in [3.8, 4) is 0 Å². The monoisotopic (exact) mass is 439 g/mol. The summed E-state index contributed by atoms with van der Waals surface area (Å²) in [6, 6.07) is 8.15. The summed E-state index contributed by atoms with van der Waals surface area (Å²) in [6.45, 7) is 3.59. The molecule has 4 nitrogen and oxygen atoms in total. The summed E-state index contributed by atoms with van der Waals surface area (Å²) in [6.07, 6.45) is 7.88. The molecule has 32 heavy (non-hydrogen) atoms. The maximum absolute atomic E-state index is 13.4. The van der Waals surface area contributed by atoms with Crippen molar-refractivity contribution in [2.24, 2.45) is 16.8 Å². The average molecular weight is 440 g/mol. The highest BCUT2D eigenvalue weighted by atomic mass is 19.3. The Balaban J connectivity index is 1.21. The summed E-state index contributed by atoms with van der Waals surface area (Å²) in [5, 5.41) is 2.99. The normalized spacial score (nSPS) is 25.4. The molecule has 1 N–H and O–H groups in total. The summed E-state index contributed by atoms with van der Waals surface area (Å²) >= 11 is 0. The summed E-state index contributed by atoms with van der Waals surface area (Å²) in [5.41, 5.74) is 6.15. The SMILES string of the molecule is CCC1=C2C(=Nc3ccccc32)C(C2CCN(C(=O)NC3CCC(F)(F)CC3)CC2)C=C1. The number of halogens is 2. The number of hydrogen-bond acceptors (Lipinski definition) is 2. The van der Waals surface area contributed by atoms with Gasteiger partial charge < -0.3 is 10.2 Å². The van der Waals surface area contributed by atoms with Gasteiger partial charge in [0.2, 0.25) is 5.92 Å². The zero-order valence-electron chi connectivity index (χ0n) is 18.6. The molecule has 170 valence electrons. The smallest absolute Gasteiger partial charge is 0.317 e. The van der Waals surface area contributed by atoms with Crippen LogP contribution in [0.2, 0.25) is 0 Å². The number of alkyl halides is 2. The first-order chi connectivity index (χ1) is 15.4. The predicted octanol–water partition coefficient (Wildman–Crippen LogP) is 6.12. The Kier molecular flexibility index (Phi) is 5.64. The van der Waals surface area contributed by atoms with Crippen LogP contribution in [0.4, 0.5) is 19.3 Å². The Hall–Kier alpha value is -2.50. The van der Waals surface area contributed by atoms with Crippen molar-refractivity contribution in [3.05, 3.63) is 47.6 Å². The number of carbonyl (C=O) groups is 1. The fourth-order valence-electron chi connectivity index (χ4n) is 5.67. The number of piperidine rings is 1. The number of allylic oxidation sites excluding steroid dienone is 4. The zero-order chi connectivity index (χ0) is 22.3. The first-order valence-electron chi connectivity index (χ1n) is 12.0. The van der Waals surface area contributed by atoms with E-state index >= 15 is 0 Å². The van der Waals surface area contributed by atoms with Crippen LogP contribution < -0.4 is 5.32 Å². The second-order valence-electron chi connectivity index (χ2n) is 9.56. The molecule has 6 heteroatoms. The first-order valence-corrected chi connectivity index (χ1v) is 12.0. The van der Waals surface area contributed by atoms with Crippen LogP contribution in [0.25, 0.3) is 5.57 Å². The number of carbonyl (C=O) groups excluding carboxylic acids is 1. The topological polar surface area (TPSA) is 44.7 Å². The highest BCUT2D eigenvalue weighted by Gasteiger charge is 2.38. The van der Waals surface area contributed by atoms with Crippen molar-refractivity contribution < 1.29 is 13.6 Å². The maximum Gasteiger partial charge on any atom is 0.317 e. The molecule has 1 saturated heterocycles. The summed E-state index contributed by atoms with van der Waals surface area (Å²) in [5.74, 6) is -1.84. The molecule has 0 aromatic heterocycles. The van der Waals surface area contributed by atoms with E-state index in [1.807, 2.05) is 11.0 Å². The van der Waals surface area contributed by atoms with Crippen LogP contribution in [0, 0.1) is 11.8 Å². The lowest BCUT2D eigenvalue weighted by Crippen LogP contribution is -2.50. The quantitative estimate of drug-likeness (QED) is 0.606. The van der Waals surface area contributed by atoms with Crippen LogP contribution in [0.1, 0.15) is 57.4 Å². The van der Waals surface area contributed by atoms with Gasteiger partial charge in [-0.2, -0.15) is 0 Å². The van der Waals surface area contributed by atoms with E-state index in [2.05, 4.69) is 42.6 Å². The molecular weight excluding hydrogens is 408 g/mol. The number of benzene rings is 1. The Morgan fingerprint density at radius 2 is 1.88 bits per heavy atom. The summed E-state index contributed by atoms with van der Waals surface area (Å²) in [7, 11) is 0. The van der Waals surface area contributed by atoms with E-state index in [0.717, 1.165) is 24.9 Å².